The predicted octanol–water partition coefficient (Wildman–Crippen LogP) is 4.02. The number of nitrogens with one attached hydrogen (secondary N) is 1. The third kappa shape index (κ3) is 4.71. The Morgan fingerprint density at radius 1 is 1.07 bits per heavy atom. The molecule has 6 heteroatoms. The Hall–Kier alpha value is -3.72. The van der Waals surface area contributed by atoms with Gasteiger partial charge in [-0.1, -0.05) is 30.3 Å². The number of carbonyl (C=O) groups is 1. The Morgan fingerprint density at radius 3 is 2.36 bits per heavy atom. The van der Waals surface area contributed by atoms with Gasteiger partial charge < -0.3 is 10.2 Å². The van der Waals surface area contributed by atoms with Crippen LogP contribution in [0.1, 0.15) is 35.5 Å². The zero-order valence-electron chi connectivity index (χ0n) is 15.8. The van der Waals surface area contributed by atoms with E-state index in [0.717, 1.165) is 0 Å². The van der Waals surface area contributed by atoms with Gasteiger partial charge in [0.05, 0.1) is 24.0 Å². The van der Waals surface area contributed by atoms with E-state index in [1.807, 2.05) is 24.3 Å². The first-order chi connectivity index (χ1) is 13.6. The van der Waals surface area contributed by atoms with Crippen molar-refractivity contribution in [1.29, 1.82) is 5.26 Å². The third-order valence-electron chi connectivity index (χ3n) is 4.26. The predicted molar refractivity (Wildman–Crippen MR) is 109 cm³/mol. The van der Waals surface area contributed by atoms with Crippen LogP contribution in [0.3, 0.4) is 0 Å². The van der Waals surface area contributed by atoms with Crippen LogP contribution in [0.25, 0.3) is 0 Å². The highest BCUT2D eigenvalue weighted by molar-refractivity contribution is 6.02. The molecule has 0 unspecified atom stereocenters. The molecule has 0 saturated heterocycles. The molecule has 0 radical (unpaired) electrons. The molecule has 0 saturated carbocycles. The van der Waals surface area contributed by atoms with E-state index in [1.54, 1.807) is 30.5 Å². The summed E-state index contributed by atoms with van der Waals surface area (Å²) in [6, 6.07) is 19.1. The first kappa shape index (κ1) is 19.1. The molecule has 1 aromatic heterocycles. The highest BCUT2D eigenvalue weighted by Crippen LogP contribution is 2.17. The lowest BCUT2D eigenvalue weighted by Crippen LogP contribution is -2.31. The average Bonchev–Trinajstić information content (AvgIpc) is 2.73. The van der Waals surface area contributed by atoms with Crippen LogP contribution < -0.4 is 10.2 Å². The number of rotatable bonds is 6. The van der Waals surface area contributed by atoms with Crippen molar-refractivity contribution in [2.24, 2.45) is 0 Å². The summed E-state index contributed by atoms with van der Waals surface area (Å²) in [4.78, 5) is 23.2. The van der Waals surface area contributed by atoms with Gasteiger partial charge >= 0.3 is 0 Å². The van der Waals surface area contributed by atoms with Gasteiger partial charge in [0.1, 0.15) is 11.5 Å². The Labute approximate surface area is 164 Å². The topological polar surface area (TPSA) is 81.9 Å². The Balaban J connectivity index is 1.71. The minimum Gasteiger partial charge on any atom is -0.349 e. The summed E-state index contributed by atoms with van der Waals surface area (Å²) < 4.78 is 0. The maximum atomic E-state index is 12.4. The lowest BCUT2D eigenvalue weighted by molar-refractivity contribution is 0.102. The molecule has 6 nitrogen and oxygen atoms in total. The van der Waals surface area contributed by atoms with Gasteiger partial charge in [0, 0.05) is 18.3 Å². The molecule has 0 atom stereocenters. The van der Waals surface area contributed by atoms with Crippen LogP contribution in [-0.4, -0.2) is 21.9 Å². The van der Waals surface area contributed by atoms with Gasteiger partial charge in [0.2, 0.25) is 0 Å². The Morgan fingerprint density at radius 2 is 1.79 bits per heavy atom. The standard InChI is InChI=1S/C22H21N5O/c1-16(2)27(15-18-6-4-3-5-7-18)21-14-24-20(13-25-21)22(28)26-19-10-8-17(12-23)9-11-19/h3-11,13-14,16H,15H2,1-2H3,(H,26,28). The summed E-state index contributed by atoms with van der Waals surface area (Å²) in [5.74, 6) is 0.372. The summed E-state index contributed by atoms with van der Waals surface area (Å²) in [6.07, 6.45) is 3.10. The first-order valence-corrected chi connectivity index (χ1v) is 9.01. The monoisotopic (exact) mass is 371 g/mol. The van der Waals surface area contributed by atoms with E-state index in [-0.39, 0.29) is 17.6 Å². The fourth-order valence-corrected chi connectivity index (χ4v) is 2.72. The number of aromatic nitrogens is 2. The average molecular weight is 371 g/mol. The van der Waals surface area contributed by atoms with Crippen molar-refractivity contribution in [2.45, 2.75) is 26.4 Å². The van der Waals surface area contributed by atoms with Crippen LogP contribution in [0.2, 0.25) is 0 Å². The lowest BCUT2D eigenvalue weighted by atomic mass is 10.2. The van der Waals surface area contributed by atoms with Crippen molar-refractivity contribution in [3.8, 4) is 6.07 Å². The summed E-state index contributed by atoms with van der Waals surface area (Å²) in [5, 5.41) is 11.6. The maximum Gasteiger partial charge on any atom is 0.275 e. The maximum absolute atomic E-state index is 12.4. The number of carbonyl (C=O) groups excluding carboxylic acids is 1. The van der Waals surface area contributed by atoms with E-state index in [1.165, 1.54) is 11.8 Å². The second-order valence-corrected chi connectivity index (χ2v) is 6.61. The molecule has 28 heavy (non-hydrogen) atoms. The van der Waals surface area contributed by atoms with E-state index in [4.69, 9.17) is 5.26 Å². The molecule has 0 aliphatic carbocycles. The molecular formula is C22H21N5O. The Bertz CT molecular complexity index is 961. The van der Waals surface area contributed by atoms with Crippen molar-refractivity contribution >= 4 is 17.4 Å². The van der Waals surface area contributed by atoms with Crippen LogP contribution in [0, 0.1) is 11.3 Å². The second-order valence-electron chi connectivity index (χ2n) is 6.61. The van der Waals surface area contributed by atoms with Gasteiger partial charge in [0.15, 0.2) is 0 Å². The van der Waals surface area contributed by atoms with Gasteiger partial charge in [-0.25, -0.2) is 9.97 Å². The Kier molecular flexibility index (Phi) is 5.97. The van der Waals surface area contributed by atoms with Crippen LogP contribution in [-0.2, 0) is 6.54 Å². The largest absolute Gasteiger partial charge is 0.349 e. The summed E-state index contributed by atoms with van der Waals surface area (Å²) >= 11 is 0. The second kappa shape index (κ2) is 8.78. The minimum atomic E-state index is -0.345. The summed E-state index contributed by atoms with van der Waals surface area (Å²) in [5.41, 5.74) is 2.55. The van der Waals surface area contributed by atoms with E-state index < -0.39 is 0 Å². The van der Waals surface area contributed by atoms with Crippen molar-refractivity contribution in [1.82, 2.24) is 9.97 Å². The van der Waals surface area contributed by atoms with Crippen molar-refractivity contribution < 1.29 is 4.79 Å². The number of benzene rings is 2. The third-order valence-corrected chi connectivity index (χ3v) is 4.26. The number of nitrogens with zero attached hydrogens (tertiary/aromatic N) is 4. The van der Waals surface area contributed by atoms with Crippen LogP contribution >= 0.6 is 0 Å². The summed E-state index contributed by atoms with van der Waals surface area (Å²) in [7, 11) is 0. The SMILES string of the molecule is CC(C)N(Cc1ccccc1)c1cnc(C(=O)Nc2ccc(C#N)cc2)cn1. The molecule has 0 spiro atoms. The highest BCUT2D eigenvalue weighted by Gasteiger charge is 2.15. The molecule has 1 heterocycles. The van der Waals surface area contributed by atoms with Crippen molar-refractivity contribution in [2.75, 3.05) is 10.2 Å². The minimum absolute atomic E-state index is 0.229. The lowest BCUT2D eigenvalue weighted by Gasteiger charge is -2.27. The van der Waals surface area contributed by atoms with Crippen LogP contribution in [0.5, 0.6) is 0 Å². The van der Waals surface area contributed by atoms with Gasteiger partial charge in [-0.3, -0.25) is 4.79 Å². The molecule has 0 bridgehead atoms. The fraction of sp³-hybridized carbons (Fsp3) is 0.182. The highest BCUT2D eigenvalue weighted by atomic mass is 16.1. The van der Waals surface area contributed by atoms with Gasteiger partial charge in [-0.05, 0) is 43.7 Å². The molecule has 0 fully saturated rings. The quantitative estimate of drug-likeness (QED) is 0.708. The zero-order chi connectivity index (χ0) is 19.9. The molecule has 2 aromatic carbocycles. The number of anilines is 2. The van der Waals surface area contributed by atoms with Gasteiger partial charge in [0.25, 0.3) is 5.91 Å². The van der Waals surface area contributed by atoms with Crippen LogP contribution in [0.4, 0.5) is 11.5 Å². The van der Waals surface area contributed by atoms with E-state index in [0.29, 0.717) is 23.6 Å². The van der Waals surface area contributed by atoms with Crippen molar-refractivity contribution in [3.63, 3.8) is 0 Å². The number of nitriles is 1. The molecular weight excluding hydrogens is 350 g/mol. The fourth-order valence-electron chi connectivity index (χ4n) is 2.72. The smallest absolute Gasteiger partial charge is 0.275 e. The van der Waals surface area contributed by atoms with Gasteiger partial charge in [-0.15, -0.1) is 0 Å². The molecule has 1 amide bonds. The van der Waals surface area contributed by atoms with Crippen molar-refractivity contribution in [3.05, 3.63) is 83.8 Å². The van der Waals surface area contributed by atoms with Crippen LogP contribution in [0.15, 0.2) is 67.0 Å². The molecule has 3 aromatic rings. The molecule has 1 N–H and O–H groups in total. The first-order valence-electron chi connectivity index (χ1n) is 9.01. The zero-order valence-corrected chi connectivity index (χ0v) is 15.8. The number of hydrogen-bond donors (Lipinski definition) is 1. The summed E-state index contributed by atoms with van der Waals surface area (Å²) in [6.45, 7) is 4.90. The van der Waals surface area contributed by atoms with E-state index >= 15 is 0 Å². The normalized spacial score (nSPS) is 10.4. The molecule has 0 aliphatic heterocycles. The molecule has 3 rings (SSSR count). The van der Waals surface area contributed by atoms with Gasteiger partial charge in [-0.2, -0.15) is 5.26 Å². The molecule has 140 valence electrons. The van der Waals surface area contributed by atoms with E-state index in [9.17, 15) is 4.79 Å². The number of hydrogen-bond acceptors (Lipinski definition) is 5. The number of amides is 1. The molecule has 0 aliphatic rings. The van der Waals surface area contributed by atoms with E-state index in [2.05, 4.69) is 46.2 Å².